The average molecular weight is 337 g/mol. The van der Waals surface area contributed by atoms with E-state index in [2.05, 4.69) is 0 Å². The maximum absolute atomic E-state index is 8.26. The molecule has 0 aliphatic rings. The molecule has 0 spiro atoms. The molecular weight excluding hydrogens is 335 g/mol. The molecule has 0 rings (SSSR count). The standard InChI is InChI=1S/Cd.OTe.H2Se/c;1-2;/h;;1H2. The van der Waals surface area contributed by atoms with Gasteiger partial charge in [-0.3, -0.25) is 0 Å². The van der Waals surface area contributed by atoms with Crippen LogP contribution in [0.4, 0.5) is 0 Å². The fraction of sp³-hybridized carbons (Fsp3) is 0. The van der Waals surface area contributed by atoms with E-state index in [4.69, 9.17) is 3.10 Å². The van der Waals surface area contributed by atoms with E-state index >= 15 is 0 Å². The second kappa shape index (κ2) is 19.8. The number of hydrogen-bond acceptors (Lipinski definition) is 1. The summed E-state index contributed by atoms with van der Waals surface area (Å²) < 4.78 is 8.26. The van der Waals surface area contributed by atoms with E-state index in [0.29, 0.717) is 22.3 Å². The Labute approximate surface area is 68.8 Å². The van der Waals surface area contributed by atoms with Crippen molar-refractivity contribution >= 4 is 39.3 Å². The minimum absolute atomic E-state index is 0. The van der Waals surface area contributed by atoms with Crippen LogP contribution in [-0.4, -0.2) is 39.3 Å². The summed E-state index contributed by atoms with van der Waals surface area (Å²) >= 11 is 0.700. The number of hydrogen-bond donors (Lipinski definition) is 0. The Balaban J connectivity index is -0.00000000500. The molecule has 0 N–H and O–H groups in total. The monoisotopic (exact) mass is 342 g/mol. The van der Waals surface area contributed by atoms with Crippen LogP contribution < -0.4 is 0 Å². The fourth-order valence-corrected chi connectivity index (χ4v) is 0. The van der Waals surface area contributed by atoms with Crippen LogP contribution in [0.2, 0.25) is 0 Å². The SMILES string of the molecule is O=[Te].[Cd].[SeH2]. The summed E-state index contributed by atoms with van der Waals surface area (Å²) in [4.78, 5) is 0. The quantitative estimate of drug-likeness (QED) is 0.496. The summed E-state index contributed by atoms with van der Waals surface area (Å²) in [7, 11) is 0. The van der Waals surface area contributed by atoms with Gasteiger partial charge in [0, 0.05) is 27.3 Å². The molecule has 0 unspecified atom stereocenters. The summed E-state index contributed by atoms with van der Waals surface area (Å²) in [6.45, 7) is 0. The maximum atomic E-state index is 8.26. The van der Waals surface area contributed by atoms with Gasteiger partial charge in [0.2, 0.25) is 0 Å². The summed E-state index contributed by atoms with van der Waals surface area (Å²) in [6.07, 6.45) is 0. The van der Waals surface area contributed by atoms with Crippen molar-refractivity contribution in [2.24, 2.45) is 0 Å². The van der Waals surface area contributed by atoms with Crippen LogP contribution in [-0.2, 0) is 30.4 Å². The van der Waals surface area contributed by atoms with Crippen molar-refractivity contribution in [1.82, 2.24) is 0 Å². The average Bonchev–Trinajstić information content (AvgIpc) is 1.00. The number of rotatable bonds is 0. The van der Waals surface area contributed by atoms with Crippen LogP contribution in [0.1, 0.15) is 0 Å². The van der Waals surface area contributed by atoms with Crippen LogP contribution in [0.5, 0.6) is 0 Å². The van der Waals surface area contributed by atoms with Gasteiger partial charge in [-0.05, 0) is 0 Å². The van der Waals surface area contributed by atoms with Gasteiger partial charge in [-0.15, -0.1) is 0 Å². The van der Waals surface area contributed by atoms with E-state index in [9.17, 15) is 0 Å². The van der Waals surface area contributed by atoms with Crippen molar-refractivity contribution < 1.29 is 30.4 Å². The Hall–Kier alpha value is 2.03. The molecule has 0 radical (unpaired) electrons. The topological polar surface area (TPSA) is 17.1 Å². The summed E-state index contributed by atoms with van der Waals surface area (Å²) in [5.74, 6) is 0. The summed E-state index contributed by atoms with van der Waals surface area (Å²) in [6, 6.07) is 0. The van der Waals surface area contributed by atoms with E-state index in [0.717, 1.165) is 0 Å². The first-order valence-electron chi connectivity index (χ1n) is 0.167. The molecule has 0 aliphatic carbocycles. The molecule has 0 aliphatic heterocycles. The van der Waals surface area contributed by atoms with Gasteiger partial charge >= 0.3 is 42.5 Å². The van der Waals surface area contributed by atoms with Gasteiger partial charge in [0.25, 0.3) is 0 Å². The van der Waals surface area contributed by atoms with Crippen molar-refractivity contribution in [1.29, 1.82) is 0 Å². The Morgan fingerprint density at radius 1 is 1.25 bits per heavy atom. The molecule has 0 saturated heterocycles. The van der Waals surface area contributed by atoms with Gasteiger partial charge in [-0.1, -0.05) is 0 Å². The van der Waals surface area contributed by atoms with Crippen LogP contribution >= 0.6 is 0 Å². The molecule has 4 heavy (non-hydrogen) atoms. The second-order valence-electron chi connectivity index (χ2n) is 0. The molecule has 0 bridgehead atoms. The molecule has 1 nitrogen and oxygen atoms in total. The summed E-state index contributed by atoms with van der Waals surface area (Å²) in [5, 5.41) is 0. The molecule has 22 valence electrons. The third kappa shape index (κ3) is 8.98. The Bertz CT molecular complexity index is 8.00. The van der Waals surface area contributed by atoms with Gasteiger partial charge in [0.05, 0.1) is 0 Å². The van der Waals surface area contributed by atoms with Gasteiger partial charge in [-0.25, -0.2) is 0 Å². The van der Waals surface area contributed by atoms with E-state index in [1.165, 1.54) is 0 Å². The molecular formula is H2CdOSeTe. The Morgan fingerprint density at radius 2 is 1.25 bits per heavy atom. The molecule has 4 heteroatoms. The van der Waals surface area contributed by atoms with Crippen LogP contribution in [0.3, 0.4) is 0 Å². The zero-order valence-electron chi connectivity index (χ0n) is 2.02. The minimum atomic E-state index is 0. The molecule has 0 aromatic carbocycles. The van der Waals surface area contributed by atoms with Crippen molar-refractivity contribution in [2.45, 2.75) is 0 Å². The molecule has 0 amide bonds. The Kier molecular flexibility index (Phi) is 82.3. The van der Waals surface area contributed by atoms with Crippen molar-refractivity contribution in [3.8, 4) is 0 Å². The molecule has 0 aromatic rings. The third-order valence-corrected chi connectivity index (χ3v) is 0. The first-order chi connectivity index (χ1) is 1.00. The van der Waals surface area contributed by atoms with Crippen molar-refractivity contribution in [2.75, 3.05) is 0 Å². The first kappa shape index (κ1) is 16.6. The van der Waals surface area contributed by atoms with Crippen molar-refractivity contribution in [3.63, 3.8) is 0 Å². The van der Waals surface area contributed by atoms with Crippen LogP contribution in [0.25, 0.3) is 0 Å². The zero-order chi connectivity index (χ0) is 2.00. The molecule has 0 heterocycles. The molecule has 0 atom stereocenters. The van der Waals surface area contributed by atoms with Crippen LogP contribution in [0.15, 0.2) is 0 Å². The fourth-order valence-electron chi connectivity index (χ4n) is 0. The predicted molar refractivity (Wildman–Crippen MR) is 15.0 cm³/mol. The molecule has 0 aromatic heterocycles. The molecule has 0 saturated carbocycles. The predicted octanol–water partition coefficient (Wildman–Crippen LogP) is -1.42. The zero-order valence-corrected chi connectivity index (χ0v) is 10.5. The van der Waals surface area contributed by atoms with Gasteiger partial charge in [0.15, 0.2) is 0 Å². The normalized spacial score (nSPS) is 1.00. The van der Waals surface area contributed by atoms with E-state index < -0.39 is 0 Å². The van der Waals surface area contributed by atoms with Crippen molar-refractivity contribution in [3.05, 3.63) is 0 Å². The second-order valence-corrected chi connectivity index (χ2v) is 0. The van der Waals surface area contributed by atoms with E-state index in [1.807, 2.05) is 0 Å². The Morgan fingerprint density at radius 3 is 1.25 bits per heavy atom. The van der Waals surface area contributed by atoms with Gasteiger partial charge in [-0.2, -0.15) is 0 Å². The third-order valence-electron chi connectivity index (χ3n) is 0. The first-order valence-corrected chi connectivity index (χ1v) is 1.12. The molecule has 0 fully saturated rings. The van der Waals surface area contributed by atoms with Gasteiger partial charge in [0.1, 0.15) is 0 Å². The van der Waals surface area contributed by atoms with Gasteiger partial charge < -0.3 is 0 Å². The van der Waals surface area contributed by atoms with E-state index in [1.54, 1.807) is 0 Å². The van der Waals surface area contributed by atoms with E-state index in [-0.39, 0.29) is 44.4 Å². The summed E-state index contributed by atoms with van der Waals surface area (Å²) in [5.41, 5.74) is 0. The van der Waals surface area contributed by atoms with Crippen LogP contribution in [0, 0.1) is 0 Å².